The number of piperazine rings is 1. The van der Waals surface area contributed by atoms with E-state index in [0.717, 1.165) is 38.5 Å². The highest BCUT2D eigenvalue weighted by Gasteiger charge is 2.23. The average molecular weight is 548 g/mol. The van der Waals surface area contributed by atoms with Gasteiger partial charge in [0.1, 0.15) is 17.9 Å². The van der Waals surface area contributed by atoms with Crippen LogP contribution in [0.5, 0.6) is 5.75 Å². The van der Waals surface area contributed by atoms with Crippen LogP contribution in [0.4, 0.5) is 11.6 Å². The summed E-state index contributed by atoms with van der Waals surface area (Å²) in [5, 5.41) is 4.47. The molecule has 40 heavy (non-hydrogen) atoms. The van der Waals surface area contributed by atoms with Crippen molar-refractivity contribution >= 4 is 28.4 Å². The van der Waals surface area contributed by atoms with E-state index in [1.54, 1.807) is 34.6 Å². The normalized spacial score (nSPS) is 14.5. The Kier molecular flexibility index (Phi) is 7.13. The fourth-order valence-corrected chi connectivity index (χ4v) is 5.17. The fourth-order valence-electron chi connectivity index (χ4n) is 5.17. The second-order valence-corrected chi connectivity index (χ2v) is 9.63. The first kappa shape index (κ1) is 25.9. The smallest absolute Gasteiger partial charge is 0.330 e. The Balaban J connectivity index is 1.16. The van der Waals surface area contributed by atoms with Gasteiger partial charge in [0.05, 0.1) is 12.9 Å². The zero-order valence-electron chi connectivity index (χ0n) is 22.7. The van der Waals surface area contributed by atoms with Crippen molar-refractivity contribution in [3.63, 3.8) is 0 Å². The summed E-state index contributed by atoms with van der Waals surface area (Å²) in [4.78, 5) is 27.4. The van der Waals surface area contributed by atoms with Gasteiger partial charge in [-0.3, -0.25) is 14.0 Å². The van der Waals surface area contributed by atoms with Gasteiger partial charge in [0, 0.05) is 58.6 Å². The quantitative estimate of drug-likeness (QED) is 0.259. The van der Waals surface area contributed by atoms with Gasteiger partial charge in [0.25, 0.3) is 0 Å². The van der Waals surface area contributed by atoms with Crippen molar-refractivity contribution in [2.24, 2.45) is 0 Å². The van der Waals surface area contributed by atoms with E-state index in [1.165, 1.54) is 10.2 Å². The van der Waals surface area contributed by atoms with Gasteiger partial charge >= 0.3 is 5.69 Å². The van der Waals surface area contributed by atoms with Gasteiger partial charge in [-0.05, 0) is 43.3 Å². The summed E-state index contributed by atoms with van der Waals surface area (Å²) in [7, 11) is 1.66. The summed E-state index contributed by atoms with van der Waals surface area (Å²) >= 11 is 0. The van der Waals surface area contributed by atoms with E-state index in [1.807, 2.05) is 19.1 Å². The number of furan rings is 1. The molecule has 1 aromatic carbocycles. The minimum absolute atomic E-state index is 0.133. The fraction of sp³-hybridized carbons (Fsp3) is 0.407. The third-order valence-electron chi connectivity index (χ3n) is 7.28. The Bertz CT molecular complexity index is 1650. The lowest BCUT2D eigenvalue weighted by Gasteiger charge is -2.36. The molecule has 1 saturated heterocycles. The Morgan fingerprint density at radius 3 is 2.48 bits per heavy atom. The Labute approximate surface area is 230 Å². The second kappa shape index (κ2) is 11.0. The predicted octanol–water partition coefficient (Wildman–Crippen LogP) is 1.95. The van der Waals surface area contributed by atoms with E-state index >= 15 is 0 Å². The first-order valence-electron chi connectivity index (χ1n) is 13.5. The van der Waals surface area contributed by atoms with Crippen LogP contribution < -0.4 is 21.1 Å². The van der Waals surface area contributed by atoms with Crippen LogP contribution in [0.25, 0.3) is 28.4 Å². The summed E-state index contributed by atoms with van der Waals surface area (Å²) < 4.78 is 21.0. The van der Waals surface area contributed by atoms with Gasteiger partial charge in [0.15, 0.2) is 17.1 Å². The number of benzene rings is 1. The number of imidazole rings is 1. The third kappa shape index (κ3) is 4.77. The van der Waals surface area contributed by atoms with Gasteiger partial charge in [-0.25, -0.2) is 9.78 Å². The number of nitrogen functional groups attached to an aromatic ring is 1. The monoisotopic (exact) mass is 547 g/mol. The SMILES string of the molecule is CCn1c(=O)n(CCN2CCN(c3ccc(OCCOC)cc3)CC2)c2nc(N)n3nc(-c4ccco4)nc3c21. The molecule has 13 nitrogen and oxygen atoms in total. The molecule has 13 heteroatoms. The van der Waals surface area contributed by atoms with Crippen molar-refractivity contribution in [3.8, 4) is 17.3 Å². The number of fused-ring (bicyclic) bond motifs is 3. The predicted molar refractivity (Wildman–Crippen MR) is 151 cm³/mol. The highest BCUT2D eigenvalue weighted by Crippen LogP contribution is 2.24. The van der Waals surface area contributed by atoms with E-state index in [2.05, 4.69) is 37.0 Å². The van der Waals surface area contributed by atoms with Crippen LogP contribution in [-0.4, -0.2) is 86.7 Å². The molecule has 4 aromatic heterocycles. The van der Waals surface area contributed by atoms with E-state index < -0.39 is 0 Å². The molecule has 0 amide bonds. The largest absolute Gasteiger partial charge is 0.491 e. The number of methoxy groups -OCH3 is 1. The van der Waals surface area contributed by atoms with Crippen molar-refractivity contribution in [2.75, 3.05) is 63.7 Å². The molecule has 210 valence electrons. The molecule has 0 aliphatic carbocycles. The van der Waals surface area contributed by atoms with Crippen molar-refractivity contribution in [1.82, 2.24) is 33.6 Å². The first-order chi connectivity index (χ1) is 19.6. The Morgan fingerprint density at radius 1 is 0.975 bits per heavy atom. The van der Waals surface area contributed by atoms with Crippen LogP contribution >= 0.6 is 0 Å². The third-order valence-corrected chi connectivity index (χ3v) is 7.28. The van der Waals surface area contributed by atoms with E-state index in [4.69, 9.17) is 19.6 Å². The van der Waals surface area contributed by atoms with Gasteiger partial charge in [-0.1, -0.05) is 0 Å². The molecule has 5 heterocycles. The molecule has 6 rings (SSSR count). The number of nitrogens with two attached hydrogens (primary N) is 1. The summed E-state index contributed by atoms with van der Waals surface area (Å²) in [5.74, 6) is 1.91. The second-order valence-electron chi connectivity index (χ2n) is 9.63. The van der Waals surface area contributed by atoms with Crippen LogP contribution in [-0.2, 0) is 17.8 Å². The first-order valence-corrected chi connectivity index (χ1v) is 13.5. The molecule has 5 aromatic rings. The van der Waals surface area contributed by atoms with Crippen LogP contribution in [0.2, 0.25) is 0 Å². The van der Waals surface area contributed by atoms with Gasteiger partial charge < -0.3 is 24.5 Å². The number of nitrogens with zero attached hydrogens (tertiary/aromatic N) is 8. The van der Waals surface area contributed by atoms with E-state index in [9.17, 15) is 4.79 Å². The average Bonchev–Trinajstić information content (AvgIpc) is 3.71. The van der Waals surface area contributed by atoms with Crippen LogP contribution in [0, 0.1) is 0 Å². The molecular formula is C27H33N9O4. The molecular weight excluding hydrogens is 514 g/mol. The number of anilines is 2. The zero-order valence-corrected chi connectivity index (χ0v) is 22.7. The van der Waals surface area contributed by atoms with Gasteiger partial charge in [-0.2, -0.15) is 9.50 Å². The lowest BCUT2D eigenvalue weighted by Crippen LogP contribution is -2.47. The Hall–Kier alpha value is -4.36. The van der Waals surface area contributed by atoms with Crippen molar-refractivity contribution in [3.05, 3.63) is 53.1 Å². The van der Waals surface area contributed by atoms with Crippen LogP contribution in [0.1, 0.15) is 6.92 Å². The maximum absolute atomic E-state index is 13.5. The molecule has 1 aliphatic heterocycles. The molecule has 0 saturated carbocycles. The lowest BCUT2D eigenvalue weighted by atomic mass is 10.2. The number of hydrogen-bond acceptors (Lipinski definition) is 10. The maximum atomic E-state index is 13.5. The number of aromatic nitrogens is 6. The number of aryl methyl sites for hydroxylation is 1. The highest BCUT2D eigenvalue weighted by atomic mass is 16.5. The minimum Gasteiger partial charge on any atom is -0.491 e. The number of rotatable bonds is 10. The summed E-state index contributed by atoms with van der Waals surface area (Å²) in [5.41, 5.74) is 8.93. The molecule has 2 N–H and O–H groups in total. The molecule has 1 fully saturated rings. The van der Waals surface area contributed by atoms with Crippen molar-refractivity contribution in [1.29, 1.82) is 0 Å². The van der Waals surface area contributed by atoms with Crippen LogP contribution in [0.3, 0.4) is 0 Å². The minimum atomic E-state index is -0.133. The standard InChI is InChI=1S/C27H33N9O4/c1-3-34-22-24(30-26(28)36-25(22)29-23(31-36)21-5-4-16-40-21)35(27(34)37)15-12-32-10-13-33(14-11-32)19-6-8-20(9-7-19)39-18-17-38-2/h4-9,16H,3,10-15,17-18H2,1-2H3,(H2,28,30). The van der Waals surface area contributed by atoms with Gasteiger partial charge in [0.2, 0.25) is 11.8 Å². The number of ether oxygens (including phenoxy) is 2. The molecule has 0 unspecified atom stereocenters. The van der Waals surface area contributed by atoms with Crippen molar-refractivity contribution < 1.29 is 13.9 Å². The topological polar surface area (TPSA) is 134 Å². The molecule has 0 atom stereocenters. The van der Waals surface area contributed by atoms with E-state index in [-0.39, 0.29) is 11.6 Å². The van der Waals surface area contributed by atoms with Gasteiger partial charge in [-0.15, -0.1) is 5.10 Å². The summed E-state index contributed by atoms with van der Waals surface area (Å²) in [6.45, 7) is 8.31. The zero-order chi connectivity index (χ0) is 27.6. The van der Waals surface area contributed by atoms with Crippen molar-refractivity contribution in [2.45, 2.75) is 20.0 Å². The molecule has 0 radical (unpaired) electrons. The van der Waals surface area contributed by atoms with Crippen LogP contribution in [0.15, 0.2) is 51.9 Å². The molecule has 1 aliphatic rings. The molecule has 0 bridgehead atoms. The number of hydrogen-bond donors (Lipinski definition) is 1. The molecule has 0 spiro atoms. The summed E-state index contributed by atoms with van der Waals surface area (Å²) in [6, 6.07) is 11.7. The lowest BCUT2D eigenvalue weighted by molar-refractivity contribution is 0.146. The highest BCUT2D eigenvalue weighted by molar-refractivity contribution is 5.88. The Morgan fingerprint density at radius 2 is 1.77 bits per heavy atom. The summed E-state index contributed by atoms with van der Waals surface area (Å²) in [6.07, 6.45) is 1.56. The van der Waals surface area contributed by atoms with E-state index in [0.29, 0.717) is 54.7 Å². The maximum Gasteiger partial charge on any atom is 0.330 e.